The van der Waals surface area contributed by atoms with E-state index in [0.29, 0.717) is 34.8 Å². The highest BCUT2D eigenvalue weighted by molar-refractivity contribution is 7.20. The summed E-state index contributed by atoms with van der Waals surface area (Å²) in [7, 11) is 3.24. The van der Waals surface area contributed by atoms with Crippen LogP contribution in [-0.2, 0) is 6.54 Å². The Kier molecular flexibility index (Phi) is 5.04. The molecular formula is C20H22N4O3S. The summed E-state index contributed by atoms with van der Waals surface area (Å²) in [5, 5.41) is 7.30. The molecule has 3 aromatic rings. The van der Waals surface area contributed by atoms with Crippen LogP contribution in [-0.4, -0.2) is 36.1 Å². The van der Waals surface area contributed by atoms with Crippen molar-refractivity contribution in [2.75, 3.05) is 19.5 Å². The van der Waals surface area contributed by atoms with Crippen LogP contribution in [0.3, 0.4) is 0 Å². The van der Waals surface area contributed by atoms with Gasteiger partial charge in [0, 0.05) is 18.2 Å². The van der Waals surface area contributed by atoms with Crippen LogP contribution in [0.4, 0.5) is 5.82 Å². The number of methoxy groups -OCH3 is 2. The predicted octanol–water partition coefficient (Wildman–Crippen LogP) is 3.52. The summed E-state index contributed by atoms with van der Waals surface area (Å²) in [5.74, 6) is 2.05. The Balaban J connectivity index is 1.62. The summed E-state index contributed by atoms with van der Waals surface area (Å²) in [6, 6.07) is 6.08. The number of nitrogens with one attached hydrogen (secondary N) is 2. The van der Waals surface area contributed by atoms with E-state index in [0.717, 1.165) is 34.2 Å². The molecule has 0 unspecified atom stereocenters. The molecule has 146 valence electrons. The van der Waals surface area contributed by atoms with Crippen LogP contribution in [0.5, 0.6) is 11.5 Å². The SMILES string of the molecule is COc1cccc(CNc2ncnc3sc(C(=O)NC4CC4)c(C)c23)c1OC. The molecule has 1 fully saturated rings. The van der Waals surface area contributed by atoms with Gasteiger partial charge in [0.2, 0.25) is 0 Å². The molecule has 0 spiro atoms. The maximum absolute atomic E-state index is 12.5. The van der Waals surface area contributed by atoms with Crippen molar-refractivity contribution in [1.82, 2.24) is 15.3 Å². The molecular weight excluding hydrogens is 376 g/mol. The molecule has 2 aromatic heterocycles. The number of para-hydroxylation sites is 1. The Labute approximate surface area is 167 Å². The number of ether oxygens (including phenoxy) is 2. The number of hydrogen-bond acceptors (Lipinski definition) is 7. The molecule has 2 N–H and O–H groups in total. The molecule has 2 heterocycles. The van der Waals surface area contributed by atoms with Crippen LogP contribution in [0.15, 0.2) is 24.5 Å². The number of thiophene rings is 1. The Hall–Kier alpha value is -2.87. The minimum atomic E-state index is -0.0246. The molecule has 4 rings (SSSR count). The molecule has 28 heavy (non-hydrogen) atoms. The van der Waals surface area contributed by atoms with Crippen molar-refractivity contribution in [2.24, 2.45) is 0 Å². The van der Waals surface area contributed by atoms with E-state index in [1.807, 2.05) is 25.1 Å². The molecule has 1 amide bonds. The van der Waals surface area contributed by atoms with E-state index in [9.17, 15) is 4.79 Å². The van der Waals surface area contributed by atoms with Gasteiger partial charge in [-0.1, -0.05) is 12.1 Å². The third-order valence-electron chi connectivity index (χ3n) is 4.78. The predicted molar refractivity (Wildman–Crippen MR) is 110 cm³/mol. The van der Waals surface area contributed by atoms with Gasteiger partial charge in [-0.3, -0.25) is 4.79 Å². The molecule has 0 saturated heterocycles. The van der Waals surface area contributed by atoms with Gasteiger partial charge in [0.05, 0.1) is 24.5 Å². The zero-order valence-corrected chi connectivity index (χ0v) is 16.9. The molecule has 0 radical (unpaired) electrons. The minimum absolute atomic E-state index is 0.0246. The zero-order valence-electron chi connectivity index (χ0n) is 16.0. The summed E-state index contributed by atoms with van der Waals surface area (Å²) >= 11 is 1.40. The van der Waals surface area contributed by atoms with Crippen LogP contribution in [0.1, 0.15) is 33.6 Å². The van der Waals surface area contributed by atoms with E-state index in [1.54, 1.807) is 14.2 Å². The molecule has 1 saturated carbocycles. The van der Waals surface area contributed by atoms with Crippen molar-refractivity contribution in [3.63, 3.8) is 0 Å². The standard InChI is InChI=1S/C20H22N4O3S/c1-11-15-18(21-9-12-5-4-6-14(26-2)16(12)27-3)22-10-23-20(15)28-17(11)19(25)24-13-7-8-13/h4-6,10,13H,7-9H2,1-3H3,(H,24,25)(H,21,22,23). The second kappa shape index (κ2) is 7.63. The van der Waals surface area contributed by atoms with Crippen molar-refractivity contribution >= 4 is 33.3 Å². The Morgan fingerprint density at radius 1 is 1.25 bits per heavy atom. The van der Waals surface area contributed by atoms with Gasteiger partial charge in [-0.15, -0.1) is 11.3 Å². The average molecular weight is 398 g/mol. The highest BCUT2D eigenvalue weighted by Crippen LogP contribution is 2.35. The summed E-state index contributed by atoms with van der Waals surface area (Å²) < 4.78 is 10.9. The highest BCUT2D eigenvalue weighted by Gasteiger charge is 2.26. The summed E-state index contributed by atoms with van der Waals surface area (Å²) in [5.41, 5.74) is 1.85. The molecule has 8 heteroatoms. The van der Waals surface area contributed by atoms with E-state index >= 15 is 0 Å². The van der Waals surface area contributed by atoms with Crippen LogP contribution >= 0.6 is 11.3 Å². The van der Waals surface area contributed by atoms with Gasteiger partial charge in [0.25, 0.3) is 5.91 Å². The first-order chi connectivity index (χ1) is 13.6. The van der Waals surface area contributed by atoms with Crippen molar-refractivity contribution in [3.05, 3.63) is 40.5 Å². The number of aryl methyl sites for hydroxylation is 1. The van der Waals surface area contributed by atoms with E-state index in [-0.39, 0.29) is 5.91 Å². The van der Waals surface area contributed by atoms with Crippen LogP contribution in [0.2, 0.25) is 0 Å². The molecule has 1 aliphatic rings. The van der Waals surface area contributed by atoms with E-state index in [1.165, 1.54) is 17.7 Å². The molecule has 7 nitrogen and oxygen atoms in total. The highest BCUT2D eigenvalue weighted by atomic mass is 32.1. The second-order valence-corrected chi connectivity index (χ2v) is 7.71. The number of fused-ring (bicyclic) bond motifs is 1. The molecule has 1 aliphatic carbocycles. The molecule has 0 atom stereocenters. The van der Waals surface area contributed by atoms with E-state index in [2.05, 4.69) is 20.6 Å². The maximum Gasteiger partial charge on any atom is 0.261 e. The fourth-order valence-corrected chi connectivity index (χ4v) is 4.22. The lowest BCUT2D eigenvalue weighted by molar-refractivity contribution is 0.0954. The van der Waals surface area contributed by atoms with Gasteiger partial charge in [0.1, 0.15) is 17.0 Å². The lowest BCUT2D eigenvalue weighted by Gasteiger charge is -2.13. The first kappa shape index (κ1) is 18.5. The van der Waals surface area contributed by atoms with Gasteiger partial charge in [-0.2, -0.15) is 0 Å². The normalized spacial score (nSPS) is 13.4. The van der Waals surface area contributed by atoms with Crippen molar-refractivity contribution < 1.29 is 14.3 Å². The summed E-state index contributed by atoms with van der Waals surface area (Å²) in [6.07, 6.45) is 3.64. The molecule has 0 aliphatic heterocycles. The van der Waals surface area contributed by atoms with Crippen LogP contribution in [0, 0.1) is 6.92 Å². The third-order valence-corrected chi connectivity index (χ3v) is 5.97. The fraction of sp³-hybridized carbons (Fsp3) is 0.350. The van der Waals surface area contributed by atoms with Crippen molar-refractivity contribution in [2.45, 2.75) is 32.4 Å². The van der Waals surface area contributed by atoms with Gasteiger partial charge in [-0.25, -0.2) is 9.97 Å². The number of carbonyl (C=O) groups is 1. The lowest BCUT2D eigenvalue weighted by Crippen LogP contribution is -2.24. The van der Waals surface area contributed by atoms with Gasteiger partial charge < -0.3 is 20.1 Å². The van der Waals surface area contributed by atoms with Gasteiger partial charge in [-0.05, 0) is 31.4 Å². The topological polar surface area (TPSA) is 85.4 Å². The number of carbonyl (C=O) groups excluding carboxylic acids is 1. The molecule has 1 aromatic carbocycles. The first-order valence-electron chi connectivity index (χ1n) is 9.11. The Morgan fingerprint density at radius 2 is 2.07 bits per heavy atom. The smallest absolute Gasteiger partial charge is 0.261 e. The number of rotatable bonds is 7. The quantitative estimate of drug-likeness (QED) is 0.633. The zero-order chi connectivity index (χ0) is 19.7. The van der Waals surface area contributed by atoms with E-state index in [4.69, 9.17) is 9.47 Å². The number of benzene rings is 1. The second-order valence-electron chi connectivity index (χ2n) is 6.71. The van der Waals surface area contributed by atoms with Crippen molar-refractivity contribution in [1.29, 1.82) is 0 Å². The third kappa shape index (κ3) is 3.47. The number of hydrogen-bond donors (Lipinski definition) is 2. The Morgan fingerprint density at radius 3 is 2.79 bits per heavy atom. The minimum Gasteiger partial charge on any atom is -0.493 e. The van der Waals surface area contributed by atoms with E-state index < -0.39 is 0 Å². The average Bonchev–Trinajstić information content (AvgIpc) is 3.46. The Bertz CT molecular complexity index is 1030. The maximum atomic E-state index is 12.5. The number of anilines is 1. The number of amides is 1. The largest absolute Gasteiger partial charge is 0.493 e. The van der Waals surface area contributed by atoms with Gasteiger partial charge in [0.15, 0.2) is 11.5 Å². The van der Waals surface area contributed by atoms with Crippen LogP contribution < -0.4 is 20.1 Å². The number of nitrogens with zero attached hydrogens (tertiary/aromatic N) is 2. The summed E-state index contributed by atoms with van der Waals surface area (Å²) in [6.45, 7) is 2.45. The van der Waals surface area contributed by atoms with Crippen molar-refractivity contribution in [3.8, 4) is 11.5 Å². The van der Waals surface area contributed by atoms with Gasteiger partial charge >= 0.3 is 0 Å². The monoisotopic (exact) mass is 398 g/mol. The summed E-state index contributed by atoms with van der Waals surface area (Å²) in [4.78, 5) is 22.8. The van der Waals surface area contributed by atoms with Crippen LogP contribution in [0.25, 0.3) is 10.2 Å². The fourth-order valence-electron chi connectivity index (χ4n) is 3.17. The lowest BCUT2D eigenvalue weighted by atomic mass is 10.1. The molecule has 0 bridgehead atoms. The first-order valence-corrected chi connectivity index (χ1v) is 9.92. The number of aromatic nitrogens is 2.